The van der Waals surface area contributed by atoms with Gasteiger partial charge in [-0.1, -0.05) is 30.3 Å². The van der Waals surface area contributed by atoms with Gasteiger partial charge >= 0.3 is 0 Å². The molecular formula is C11H11ClN2. The number of benzene rings is 1. The first kappa shape index (κ1) is 10.6. The zero-order chi connectivity index (χ0) is 10.6. The van der Waals surface area contributed by atoms with E-state index in [0.717, 1.165) is 5.56 Å². The minimum atomic E-state index is 0.449. The van der Waals surface area contributed by atoms with Crippen LogP contribution in [0.1, 0.15) is 5.56 Å². The highest BCUT2D eigenvalue weighted by Gasteiger charge is 2.02. The van der Waals surface area contributed by atoms with Crippen LogP contribution in [0.5, 0.6) is 0 Å². The van der Waals surface area contributed by atoms with Crippen molar-refractivity contribution in [3.8, 4) is 6.07 Å². The maximum Gasteiger partial charge on any atom is 0.116 e. The van der Waals surface area contributed by atoms with Gasteiger partial charge in [-0.25, -0.2) is 0 Å². The van der Waals surface area contributed by atoms with Gasteiger partial charge in [-0.2, -0.15) is 5.26 Å². The maximum atomic E-state index is 8.62. The van der Waals surface area contributed by atoms with Crippen LogP contribution in [0.3, 0.4) is 0 Å². The van der Waals surface area contributed by atoms with Gasteiger partial charge in [-0.3, -0.25) is 0 Å². The van der Waals surface area contributed by atoms with Crippen LogP contribution >= 0.6 is 11.6 Å². The third-order valence-electron chi connectivity index (χ3n) is 1.90. The number of allylic oxidation sites excluding steroid dienone is 1. The predicted molar refractivity (Wildman–Crippen MR) is 57.7 cm³/mol. The molecule has 0 aliphatic heterocycles. The van der Waals surface area contributed by atoms with Crippen molar-refractivity contribution in [3.63, 3.8) is 0 Å². The fraction of sp³-hybridized carbons (Fsp3) is 0.182. The van der Waals surface area contributed by atoms with Gasteiger partial charge in [-0.15, -0.1) is 0 Å². The second-order valence-corrected chi connectivity index (χ2v) is 3.48. The van der Waals surface area contributed by atoms with E-state index in [0.29, 0.717) is 17.3 Å². The number of hydrogen-bond acceptors (Lipinski definition) is 2. The molecule has 1 rings (SSSR count). The van der Waals surface area contributed by atoms with Gasteiger partial charge in [0, 0.05) is 18.6 Å². The highest BCUT2D eigenvalue weighted by molar-refractivity contribution is 6.30. The Balaban J connectivity index is 2.70. The standard InChI is InChI=1S/C11H11ClN2/c1-9(7-13)14(2)8-10-4-3-5-11(12)6-10/h3-6H,1,8H2,2H3. The molecule has 0 fully saturated rings. The summed E-state index contributed by atoms with van der Waals surface area (Å²) in [6.45, 7) is 4.27. The Morgan fingerprint density at radius 2 is 2.36 bits per heavy atom. The van der Waals surface area contributed by atoms with Crippen molar-refractivity contribution >= 4 is 11.6 Å². The third-order valence-corrected chi connectivity index (χ3v) is 2.13. The van der Waals surface area contributed by atoms with Gasteiger partial charge < -0.3 is 4.90 Å². The summed E-state index contributed by atoms with van der Waals surface area (Å²) in [6, 6.07) is 9.55. The van der Waals surface area contributed by atoms with Crippen molar-refractivity contribution in [1.82, 2.24) is 4.90 Å². The third kappa shape index (κ3) is 2.79. The van der Waals surface area contributed by atoms with E-state index in [2.05, 4.69) is 6.58 Å². The second kappa shape index (κ2) is 4.69. The lowest BCUT2D eigenvalue weighted by Crippen LogP contribution is -2.15. The molecule has 0 spiro atoms. The first-order valence-electron chi connectivity index (χ1n) is 4.18. The Labute approximate surface area is 89.0 Å². The highest BCUT2D eigenvalue weighted by atomic mass is 35.5. The van der Waals surface area contributed by atoms with E-state index < -0.39 is 0 Å². The lowest BCUT2D eigenvalue weighted by Gasteiger charge is -2.16. The predicted octanol–water partition coefficient (Wildman–Crippen LogP) is 2.81. The van der Waals surface area contributed by atoms with Crippen molar-refractivity contribution in [2.75, 3.05) is 7.05 Å². The summed E-state index contributed by atoms with van der Waals surface area (Å²) < 4.78 is 0. The van der Waals surface area contributed by atoms with E-state index in [-0.39, 0.29) is 0 Å². The van der Waals surface area contributed by atoms with Gasteiger partial charge in [0.1, 0.15) is 11.8 Å². The van der Waals surface area contributed by atoms with Gasteiger partial charge in [0.15, 0.2) is 0 Å². The topological polar surface area (TPSA) is 27.0 Å². The number of nitriles is 1. The summed E-state index contributed by atoms with van der Waals surface area (Å²) >= 11 is 5.84. The molecule has 0 aromatic heterocycles. The zero-order valence-corrected chi connectivity index (χ0v) is 8.75. The summed E-state index contributed by atoms with van der Waals surface area (Å²) in [5.74, 6) is 0. The molecule has 3 heteroatoms. The van der Waals surface area contributed by atoms with E-state index in [1.54, 1.807) is 4.90 Å². The molecule has 14 heavy (non-hydrogen) atoms. The quantitative estimate of drug-likeness (QED) is 0.712. The van der Waals surface area contributed by atoms with Crippen molar-refractivity contribution in [1.29, 1.82) is 5.26 Å². The van der Waals surface area contributed by atoms with Crippen molar-refractivity contribution in [2.45, 2.75) is 6.54 Å². The lowest BCUT2D eigenvalue weighted by atomic mass is 10.2. The Hall–Kier alpha value is -1.46. The molecule has 1 aromatic carbocycles. The molecule has 0 saturated carbocycles. The smallest absolute Gasteiger partial charge is 0.116 e. The van der Waals surface area contributed by atoms with E-state index in [1.807, 2.05) is 37.4 Å². The van der Waals surface area contributed by atoms with Gasteiger partial charge in [0.2, 0.25) is 0 Å². The lowest BCUT2D eigenvalue weighted by molar-refractivity contribution is 0.429. The number of nitrogens with zero attached hydrogens (tertiary/aromatic N) is 2. The molecule has 0 radical (unpaired) electrons. The molecule has 0 unspecified atom stereocenters. The van der Waals surface area contributed by atoms with Crippen molar-refractivity contribution in [2.24, 2.45) is 0 Å². The molecule has 2 nitrogen and oxygen atoms in total. The van der Waals surface area contributed by atoms with Gasteiger partial charge in [0.25, 0.3) is 0 Å². The van der Waals surface area contributed by atoms with Crippen LogP contribution in [-0.2, 0) is 6.54 Å². The maximum absolute atomic E-state index is 8.62. The summed E-state index contributed by atoms with van der Waals surface area (Å²) in [4.78, 5) is 1.78. The van der Waals surface area contributed by atoms with Crippen LogP contribution in [0.15, 0.2) is 36.5 Å². The molecule has 0 N–H and O–H groups in total. The van der Waals surface area contributed by atoms with Gasteiger partial charge in [-0.05, 0) is 17.7 Å². The first-order chi connectivity index (χ1) is 6.63. The summed E-state index contributed by atoms with van der Waals surface area (Å²) in [5, 5.41) is 9.33. The summed E-state index contributed by atoms with van der Waals surface area (Å²) in [6.07, 6.45) is 0. The fourth-order valence-electron chi connectivity index (χ4n) is 1.09. The van der Waals surface area contributed by atoms with Crippen LogP contribution in [-0.4, -0.2) is 11.9 Å². The SMILES string of the molecule is C=C(C#N)N(C)Cc1cccc(Cl)c1. The first-order valence-corrected chi connectivity index (χ1v) is 4.56. The normalized spacial score (nSPS) is 9.21. The van der Waals surface area contributed by atoms with E-state index >= 15 is 0 Å². The molecule has 0 saturated heterocycles. The molecule has 0 heterocycles. The average Bonchev–Trinajstić information content (AvgIpc) is 2.16. The van der Waals surface area contributed by atoms with E-state index in [9.17, 15) is 0 Å². The molecule has 0 atom stereocenters. The van der Waals surface area contributed by atoms with Crippen LogP contribution in [0.25, 0.3) is 0 Å². The molecular weight excluding hydrogens is 196 g/mol. The molecule has 0 bridgehead atoms. The Morgan fingerprint density at radius 1 is 1.64 bits per heavy atom. The second-order valence-electron chi connectivity index (χ2n) is 3.04. The van der Waals surface area contributed by atoms with Crippen LogP contribution in [0, 0.1) is 11.3 Å². The van der Waals surface area contributed by atoms with E-state index in [1.165, 1.54) is 0 Å². The van der Waals surface area contributed by atoms with Gasteiger partial charge in [0.05, 0.1) is 0 Å². The fourth-order valence-corrected chi connectivity index (χ4v) is 1.30. The summed E-state index contributed by atoms with van der Waals surface area (Å²) in [7, 11) is 1.83. The zero-order valence-electron chi connectivity index (χ0n) is 8.00. The van der Waals surface area contributed by atoms with Crippen molar-refractivity contribution < 1.29 is 0 Å². The Morgan fingerprint density at radius 3 is 2.93 bits per heavy atom. The van der Waals surface area contributed by atoms with E-state index in [4.69, 9.17) is 16.9 Å². The van der Waals surface area contributed by atoms with Crippen molar-refractivity contribution in [3.05, 3.63) is 47.1 Å². The Bertz CT molecular complexity index is 379. The molecule has 72 valence electrons. The van der Waals surface area contributed by atoms with Crippen LogP contribution in [0.4, 0.5) is 0 Å². The largest absolute Gasteiger partial charge is 0.362 e. The summed E-state index contributed by atoms with van der Waals surface area (Å²) in [5.41, 5.74) is 1.52. The molecule has 0 aliphatic rings. The Kier molecular flexibility index (Phi) is 3.55. The molecule has 1 aromatic rings. The highest BCUT2D eigenvalue weighted by Crippen LogP contribution is 2.13. The minimum absolute atomic E-state index is 0.449. The van der Waals surface area contributed by atoms with Crippen LogP contribution < -0.4 is 0 Å². The average molecular weight is 207 g/mol. The molecule has 0 aliphatic carbocycles. The number of hydrogen-bond donors (Lipinski definition) is 0. The minimum Gasteiger partial charge on any atom is -0.362 e. The number of halogens is 1. The number of rotatable bonds is 3. The monoisotopic (exact) mass is 206 g/mol. The molecule has 0 amide bonds. The van der Waals surface area contributed by atoms with Crippen LogP contribution in [0.2, 0.25) is 5.02 Å².